The Bertz CT molecular complexity index is 1410. The van der Waals surface area contributed by atoms with Crippen molar-refractivity contribution in [1.82, 2.24) is 10.3 Å². The highest BCUT2D eigenvalue weighted by molar-refractivity contribution is 7.80. The minimum atomic E-state index is -0.549. The Balaban J connectivity index is 1.61. The third-order valence-electron chi connectivity index (χ3n) is 5.79. The normalized spacial score (nSPS) is 17.3. The zero-order valence-electron chi connectivity index (χ0n) is 18.4. The molecule has 1 aliphatic rings. The summed E-state index contributed by atoms with van der Waals surface area (Å²) < 4.78 is 26.5. The predicted molar refractivity (Wildman–Crippen MR) is 132 cm³/mol. The third-order valence-corrected chi connectivity index (χ3v) is 6.10. The number of nitrogens with zero attached hydrogens (tertiary/aromatic N) is 3. The van der Waals surface area contributed by atoms with E-state index < -0.39 is 22.8 Å². The van der Waals surface area contributed by atoms with Crippen LogP contribution in [0, 0.1) is 15.9 Å². The van der Waals surface area contributed by atoms with Crippen LogP contribution in [0.1, 0.15) is 23.5 Å². The van der Waals surface area contributed by atoms with Crippen molar-refractivity contribution in [1.29, 1.82) is 0 Å². The fourth-order valence-corrected chi connectivity index (χ4v) is 4.54. The molecule has 4 aromatic rings. The second kappa shape index (κ2) is 9.15. The largest absolute Gasteiger partial charge is 0.496 e. The topological polar surface area (TPSA) is 93.7 Å². The lowest BCUT2D eigenvalue weighted by molar-refractivity contribution is -0.384. The van der Waals surface area contributed by atoms with E-state index >= 15 is 0 Å². The average molecular weight is 491 g/mol. The molecule has 2 aromatic carbocycles. The molecule has 3 heterocycles. The average Bonchev–Trinajstić information content (AvgIpc) is 3.49. The molecule has 0 saturated carbocycles. The Morgan fingerprint density at radius 2 is 1.94 bits per heavy atom. The lowest BCUT2D eigenvalue weighted by atomic mass is 10.0. The van der Waals surface area contributed by atoms with Gasteiger partial charge in [0.2, 0.25) is 0 Å². The van der Waals surface area contributed by atoms with Crippen molar-refractivity contribution in [2.75, 3.05) is 12.0 Å². The summed E-state index contributed by atoms with van der Waals surface area (Å²) in [5.74, 6) is 0.823. The minimum absolute atomic E-state index is 0.0938. The van der Waals surface area contributed by atoms with E-state index in [4.69, 9.17) is 21.4 Å². The van der Waals surface area contributed by atoms with Gasteiger partial charge in [-0.3, -0.25) is 15.1 Å². The molecule has 5 rings (SSSR count). The molecule has 8 nitrogen and oxygen atoms in total. The highest BCUT2D eigenvalue weighted by Crippen LogP contribution is 2.44. The first kappa shape index (κ1) is 22.5. The summed E-state index contributed by atoms with van der Waals surface area (Å²) in [5, 5.41) is 14.7. The van der Waals surface area contributed by atoms with Gasteiger partial charge in [0, 0.05) is 12.3 Å². The molecule has 176 valence electrons. The molecule has 2 atom stereocenters. The molecule has 0 bridgehead atoms. The maximum Gasteiger partial charge on any atom is 0.273 e. The number of hydrogen-bond donors (Lipinski definition) is 1. The van der Waals surface area contributed by atoms with Crippen LogP contribution in [0.15, 0.2) is 83.4 Å². The molecule has 0 spiro atoms. The molecule has 1 fully saturated rings. The lowest BCUT2D eigenvalue weighted by Gasteiger charge is -2.26. The maximum absolute atomic E-state index is 14.9. The van der Waals surface area contributed by atoms with E-state index in [0.717, 1.165) is 0 Å². The van der Waals surface area contributed by atoms with Gasteiger partial charge in [-0.15, -0.1) is 0 Å². The van der Waals surface area contributed by atoms with E-state index in [1.807, 2.05) is 18.2 Å². The number of methoxy groups -OCH3 is 1. The van der Waals surface area contributed by atoms with Crippen LogP contribution in [-0.4, -0.2) is 22.1 Å². The van der Waals surface area contributed by atoms with Crippen molar-refractivity contribution in [3.05, 3.63) is 106 Å². The SMILES string of the molecule is COc1cc([N+](=O)[O-])ccc1-c1ccc([C@@H]2[C@@H](c3ccccn3)NC(=S)N2c2ccccc2F)o1. The van der Waals surface area contributed by atoms with Crippen molar-refractivity contribution in [3.8, 4) is 17.1 Å². The Kier molecular flexibility index (Phi) is 5.87. The lowest BCUT2D eigenvalue weighted by Crippen LogP contribution is -2.30. The van der Waals surface area contributed by atoms with Gasteiger partial charge >= 0.3 is 0 Å². The Labute approximate surface area is 205 Å². The van der Waals surface area contributed by atoms with Gasteiger partial charge in [0.05, 0.1) is 41.1 Å². The molecule has 1 N–H and O–H groups in total. The zero-order valence-corrected chi connectivity index (χ0v) is 19.2. The number of ether oxygens (including phenoxy) is 1. The molecule has 1 saturated heterocycles. The van der Waals surface area contributed by atoms with Gasteiger partial charge in [-0.25, -0.2) is 4.39 Å². The summed E-state index contributed by atoms with van der Waals surface area (Å²) in [6, 6.07) is 18.8. The number of rotatable bonds is 6. The molecule has 2 aromatic heterocycles. The van der Waals surface area contributed by atoms with Crippen LogP contribution >= 0.6 is 12.2 Å². The first-order valence-electron chi connectivity index (χ1n) is 10.7. The molecule has 10 heteroatoms. The summed E-state index contributed by atoms with van der Waals surface area (Å²) in [5.41, 5.74) is 1.47. The van der Waals surface area contributed by atoms with E-state index in [1.165, 1.54) is 25.3 Å². The second-order valence-electron chi connectivity index (χ2n) is 7.79. The number of halogens is 1. The number of aromatic nitrogens is 1. The number of nitrogens with one attached hydrogen (secondary N) is 1. The number of furan rings is 1. The molecule has 0 unspecified atom stereocenters. The van der Waals surface area contributed by atoms with E-state index in [9.17, 15) is 14.5 Å². The van der Waals surface area contributed by atoms with Gasteiger partial charge < -0.3 is 19.4 Å². The number of nitro benzene ring substituents is 1. The van der Waals surface area contributed by atoms with Crippen molar-refractivity contribution in [3.63, 3.8) is 0 Å². The molecule has 0 amide bonds. The highest BCUT2D eigenvalue weighted by Gasteiger charge is 2.43. The second-order valence-corrected chi connectivity index (χ2v) is 8.18. The van der Waals surface area contributed by atoms with E-state index in [1.54, 1.807) is 47.5 Å². The molecule has 35 heavy (non-hydrogen) atoms. The number of anilines is 1. The van der Waals surface area contributed by atoms with Gasteiger partial charge in [0.25, 0.3) is 5.69 Å². The highest BCUT2D eigenvalue weighted by atomic mass is 32.1. The summed E-state index contributed by atoms with van der Waals surface area (Å²) in [4.78, 5) is 16.8. The van der Waals surface area contributed by atoms with Gasteiger partial charge in [0.15, 0.2) is 5.11 Å². The van der Waals surface area contributed by atoms with Crippen LogP contribution in [0.4, 0.5) is 15.8 Å². The van der Waals surface area contributed by atoms with E-state index in [-0.39, 0.29) is 5.69 Å². The number of benzene rings is 2. The fraction of sp³-hybridized carbons (Fsp3) is 0.120. The Hall–Kier alpha value is -4.31. The third kappa shape index (κ3) is 4.08. The van der Waals surface area contributed by atoms with E-state index in [0.29, 0.717) is 39.3 Å². The number of pyridine rings is 1. The molecular weight excluding hydrogens is 471 g/mol. The zero-order chi connectivity index (χ0) is 24.5. The number of nitro groups is 1. The predicted octanol–water partition coefficient (Wildman–Crippen LogP) is 5.57. The first-order valence-corrected chi connectivity index (χ1v) is 11.1. The molecular formula is C25H19FN4O4S. The van der Waals surface area contributed by atoms with Crippen LogP contribution in [0.3, 0.4) is 0 Å². The fourth-order valence-electron chi connectivity index (χ4n) is 4.20. The van der Waals surface area contributed by atoms with Crippen LogP contribution in [0.2, 0.25) is 0 Å². The van der Waals surface area contributed by atoms with Gasteiger partial charge in [-0.05, 0) is 54.7 Å². The van der Waals surface area contributed by atoms with Gasteiger partial charge in [-0.1, -0.05) is 18.2 Å². The number of non-ortho nitro benzene ring substituents is 1. The summed E-state index contributed by atoms with van der Waals surface area (Å²) in [6.07, 6.45) is 1.68. The monoisotopic (exact) mass is 490 g/mol. The molecule has 0 radical (unpaired) electrons. The van der Waals surface area contributed by atoms with Crippen molar-refractivity contribution < 1.29 is 18.5 Å². The maximum atomic E-state index is 14.9. The molecule has 0 aliphatic carbocycles. The van der Waals surface area contributed by atoms with Crippen LogP contribution in [0.25, 0.3) is 11.3 Å². The van der Waals surface area contributed by atoms with E-state index in [2.05, 4.69) is 10.3 Å². The van der Waals surface area contributed by atoms with Crippen LogP contribution in [0.5, 0.6) is 5.75 Å². The van der Waals surface area contributed by atoms with Crippen molar-refractivity contribution in [2.24, 2.45) is 0 Å². The van der Waals surface area contributed by atoms with Gasteiger partial charge in [0.1, 0.15) is 29.1 Å². The van der Waals surface area contributed by atoms with Crippen molar-refractivity contribution in [2.45, 2.75) is 12.1 Å². The minimum Gasteiger partial charge on any atom is -0.496 e. The Morgan fingerprint density at radius 1 is 1.14 bits per heavy atom. The first-order chi connectivity index (χ1) is 17.0. The number of para-hydroxylation sites is 1. The Morgan fingerprint density at radius 3 is 2.66 bits per heavy atom. The summed E-state index contributed by atoms with van der Waals surface area (Å²) in [6.45, 7) is 0. The van der Waals surface area contributed by atoms with Crippen molar-refractivity contribution >= 4 is 28.7 Å². The standard InChI is InChI=1S/C25H19FN4O4S/c1-33-22-14-15(30(31)32)9-10-16(22)20-11-12-21(34-20)24-23(18-7-4-5-13-27-18)28-25(35)29(24)19-8-3-2-6-17(19)26/h2-14,23-24H,1H3,(H,28,35)/t23-,24-/m1/s1. The summed E-state index contributed by atoms with van der Waals surface area (Å²) >= 11 is 5.61. The summed E-state index contributed by atoms with van der Waals surface area (Å²) in [7, 11) is 1.43. The molecule has 1 aliphatic heterocycles. The smallest absolute Gasteiger partial charge is 0.273 e. The van der Waals surface area contributed by atoms with Crippen LogP contribution in [-0.2, 0) is 0 Å². The number of thiocarbonyl (C=S) groups is 1. The quantitative estimate of drug-likeness (QED) is 0.213. The number of hydrogen-bond acceptors (Lipinski definition) is 6. The van der Waals surface area contributed by atoms with Gasteiger partial charge in [-0.2, -0.15) is 0 Å². The van der Waals surface area contributed by atoms with Crippen LogP contribution < -0.4 is 15.0 Å².